The molecule has 5 rings (SSSR count). The second-order valence-corrected chi connectivity index (χ2v) is 8.51. The third kappa shape index (κ3) is 4.05. The van der Waals surface area contributed by atoms with Crippen molar-refractivity contribution in [1.82, 2.24) is 14.9 Å². The number of carbonyl (C=O) groups excluding carboxylic acids is 1. The molecule has 0 unspecified atom stereocenters. The summed E-state index contributed by atoms with van der Waals surface area (Å²) in [5, 5.41) is 7.69. The number of nitrogens with one attached hydrogen (secondary N) is 1. The van der Waals surface area contributed by atoms with Crippen LogP contribution in [0.4, 0.5) is 0 Å². The Morgan fingerprint density at radius 3 is 2.59 bits per heavy atom. The highest BCUT2D eigenvalue weighted by atomic mass is 32.1. The number of rotatable bonds is 6. The Morgan fingerprint density at radius 1 is 0.969 bits per heavy atom. The molecule has 1 amide bonds. The van der Waals surface area contributed by atoms with E-state index in [2.05, 4.69) is 34.6 Å². The average molecular weight is 440 g/mol. The Bertz CT molecular complexity index is 1470. The first-order chi connectivity index (χ1) is 15.7. The summed E-state index contributed by atoms with van der Waals surface area (Å²) in [4.78, 5) is 30.8. The van der Waals surface area contributed by atoms with E-state index in [4.69, 9.17) is 0 Å². The highest BCUT2D eigenvalue weighted by Gasteiger charge is 2.15. The molecule has 158 valence electrons. The van der Waals surface area contributed by atoms with Gasteiger partial charge in [0, 0.05) is 17.5 Å². The van der Waals surface area contributed by atoms with Crippen molar-refractivity contribution in [3.8, 4) is 11.1 Å². The van der Waals surface area contributed by atoms with Gasteiger partial charge in [0.05, 0.1) is 11.7 Å². The molecular weight excluding hydrogens is 418 g/mol. The average Bonchev–Trinajstić information content (AvgIpc) is 3.26. The summed E-state index contributed by atoms with van der Waals surface area (Å²) in [5.74, 6) is -0.202. The van der Waals surface area contributed by atoms with Gasteiger partial charge in [-0.15, -0.1) is 11.3 Å². The summed E-state index contributed by atoms with van der Waals surface area (Å²) in [6, 6.07) is 24.3. The number of nitrogens with zero attached hydrogens (tertiary/aromatic N) is 2. The SMILES string of the molecule is O=C(Cn1cnc2scc(-c3ccc4ccccc4c3)c2c1=O)NCCc1ccccc1. The van der Waals surface area contributed by atoms with Crippen LogP contribution in [0.5, 0.6) is 0 Å². The fourth-order valence-corrected chi connectivity index (χ4v) is 4.76. The third-order valence-electron chi connectivity index (χ3n) is 5.51. The molecule has 32 heavy (non-hydrogen) atoms. The minimum absolute atomic E-state index is 0.0520. The molecule has 2 aromatic heterocycles. The minimum atomic E-state index is -0.202. The highest BCUT2D eigenvalue weighted by Crippen LogP contribution is 2.32. The fraction of sp³-hybridized carbons (Fsp3) is 0.115. The van der Waals surface area contributed by atoms with Crippen LogP contribution in [0.2, 0.25) is 0 Å². The zero-order valence-corrected chi connectivity index (χ0v) is 18.1. The van der Waals surface area contributed by atoms with Crippen molar-refractivity contribution in [2.24, 2.45) is 0 Å². The normalized spacial score (nSPS) is 11.1. The Hall–Kier alpha value is -3.77. The minimum Gasteiger partial charge on any atom is -0.354 e. The van der Waals surface area contributed by atoms with Gasteiger partial charge in [-0.1, -0.05) is 66.7 Å². The van der Waals surface area contributed by atoms with Crippen molar-refractivity contribution in [3.63, 3.8) is 0 Å². The smallest absolute Gasteiger partial charge is 0.263 e. The van der Waals surface area contributed by atoms with Crippen LogP contribution in [-0.2, 0) is 17.8 Å². The fourth-order valence-electron chi connectivity index (χ4n) is 3.85. The second kappa shape index (κ2) is 8.77. The van der Waals surface area contributed by atoms with Crippen molar-refractivity contribution in [2.45, 2.75) is 13.0 Å². The molecule has 5 aromatic rings. The Kier molecular flexibility index (Phi) is 5.52. The van der Waals surface area contributed by atoms with Gasteiger partial charge in [-0.25, -0.2) is 4.98 Å². The third-order valence-corrected chi connectivity index (χ3v) is 6.40. The van der Waals surface area contributed by atoms with Gasteiger partial charge in [-0.2, -0.15) is 0 Å². The van der Waals surface area contributed by atoms with Gasteiger partial charge < -0.3 is 5.32 Å². The van der Waals surface area contributed by atoms with E-state index in [1.165, 1.54) is 22.2 Å². The van der Waals surface area contributed by atoms with Gasteiger partial charge in [0.25, 0.3) is 5.56 Å². The molecule has 1 N–H and O–H groups in total. The van der Waals surface area contributed by atoms with Crippen LogP contribution in [-0.4, -0.2) is 22.0 Å². The topological polar surface area (TPSA) is 64.0 Å². The van der Waals surface area contributed by atoms with Gasteiger partial charge in [0.1, 0.15) is 11.4 Å². The van der Waals surface area contributed by atoms with Gasteiger partial charge in [0.2, 0.25) is 5.91 Å². The van der Waals surface area contributed by atoms with E-state index in [1.54, 1.807) is 0 Å². The lowest BCUT2D eigenvalue weighted by atomic mass is 10.0. The van der Waals surface area contributed by atoms with Crippen molar-refractivity contribution < 1.29 is 4.79 Å². The monoisotopic (exact) mass is 439 g/mol. The molecule has 0 aliphatic carbocycles. The van der Waals surface area contributed by atoms with Crippen LogP contribution in [0.15, 0.2) is 89.3 Å². The lowest BCUT2D eigenvalue weighted by molar-refractivity contribution is -0.121. The maximum atomic E-state index is 13.2. The number of hydrogen-bond donors (Lipinski definition) is 1. The summed E-state index contributed by atoms with van der Waals surface area (Å²) in [6.07, 6.45) is 2.21. The number of benzene rings is 3. The molecule has 0 aliphatic heterocycles. The van der Waals surface area contributed by atoms with Gasteiger partial charge in [-0.05, 0) is 34.4 Å². The predicted octanol–water partition coefficient (Wildman–Crippen LogP) is 4.64. The summed E-state index contributed by atoms with van der Waals surface area (Å²) in [7, 11) is 0. The highest BCUT2D eigenvalue weighted by molar-refractivity contribution is 7.17. The largest absolute Gasteiger partial charge is 0.354 e. The van der Waals surface area contributed by atoms with E-state index < -0.39 is 0 Å². The molecule has 0 saturated heterocycles. The van der Waals surface area contributed by atoms with Crippen LogP contribution in [0.3, 0.4) is 0 Å². The van der Waals surface area contributed by atoms with E-state index in [0.717, 1.165) is 33.9 Å². The zero-order chi connectivity index (χ0) is 21.9. The van der Waals surface area contributed by atoms with Crippen LogP contribution >= 0.6 is 11.3 Å². The van der Waals surface area contributed by atoms with E-state index in [9.17, 15) is 9.59 Å². The molecule has 5 nitrogen and oxygen atoms in total. The number of amides is 1. The number of hydrogen-bond acceptors (Lipinski definition) is 4. The van der Waals surface area contributed by atoms with Gasteiger partial charge >= 0.3 is 0 Å². The molecule has 0 bridgehead atoms. The number of thiophene rings is 1. The Labute approximate surface area is 189 Å². The van der Waals surface area contributed by atoms with Crippen LogP contribution < -0.4 is 10.9 Å². The van der Waals surface area contributed by atoms with Crippen molar-refractivity contribution in [1.29, 1.82) is 0 Å². The molecule has 0 spiro atoms. The summed E-state index contributed by atoms with van der Waals surface area (Å²) in [5.41, 5.74) is 2.79. The quantitative estimate of drug-likeness (QED) is 0.419. The van der Waals surface area contributed by atoms with Crippen molar-refractivity contribution >= 4 is 38.2 Å². The Balaban J connectivity index is 1.38. The summed E-state index contributed by atoms with van der Waals surface area (Å²) < 4.78 is 1.39. The molecule has 6 heteroatoms. The maximum Gasteiger partial charge on any atom is 0.263 e. The predicted molar refractivity (Wildman–Crippen MR) is 130 cm³/mol. The standard InChI is InChI=1S/C26H21N3O2S/c30-23(27-13-12-18-6-2-1-3-7-18)15-29-17-28-25-24(26(29)31)22(16-32-25)21-11-10-19-8-4-5-9-20(19)14-21/h1-11,14,16-17H,12-13,15H2,(H,27,30). The molecular formula is C26H21N3O2S. The van der Waals surface area contributed by atoms with Crippen LogP contribution in [0.1, 0.15) is 5.56 Å². The number of carbonyl (C=O) groups is 1. The van der Waals surface area contributed by atoms with Crippen molar-refractivity contribution in [3.05, 3.63) is 100 Å². The molecule has 2 heterocycles. The van der Waals surface area contributed by atoms with E-state index in [1.807, 2.05) is 53.9 Å². The first kappa shape index (κ1) is 20.2. The molecule has 3 aromatic carbocycles. The van der Waals surface area contributed by atoms with E-state index >= 15 is 0 Å². The second-order valence-electron chi connectivity index (χ2n) is 7.65. The molecule has 0 fully saturated rings. The Morgan fingerprint density at radius 2 is 1.75 bits per heavy atom. The first-order valence-electron chi connectivity index (χ1n) is 10.5. The number of fused-ring (bicyclic) bond motifs is 2. The lowest BCUT2D eigenvalue weighted by Crippen LogP contribution is -2.33. The molecule has 0 atom stereocenters. The van der Waals surface area contributed by atoms with E-state index in [0.29, 0.717) is 16.8 Å². The molecule has 0 aliphatic rings. The molecule has 0 saturated carbocycles. The van der Waals surface area contributed by atoms with Crippen molar-refractivity contribution in [2.75, 3.05) is 6.54 Å². The maximum absolute atomic E-state index is 13.2. The summed E-state index contributed by atoms with van der Waals surface area (Å²) >= 11 is 1.44. The first-order valence-corrected chi connectivity index (χ1v) is 11.3. The van der Waals surface area contributed by atoms with Gasteiger partial charge in [-0.3, -0.25) is 14.2 Å². The molecule has 0 radical (unpaired) electrons. The van der Waals surface area contributed by atoms with Crippen LogP contribution in [0, 0.1) is 0 Å². The lowest BCUT2D eigenvalue weighted by Gasteiger charge is -2.08. The van der Waals surface area contributed by atoms with Gasteiger partial charge in [0.15, 0.2) is 0 Å². The number of aromatic nitrogens is 2. The summed E-state index contributed by atoms with van der Waals surface area (Å²) in [6.45, 7) is 0.470. The van der Waals surface area contributed by atoms with E-state index in [-0.39, 0.29) is 18.0 Å². The van der Waals surface area contributed by atoms with Crippen LogP contribution in [0.25, 0.3) is 32.1 Å². The zero-order valence-electron chi connectivity index (χ0n) is 17.3.